The van der Waals surface area contributed by atoms with Gasteiger partial charge in [-0.15, -0.1) is 11.3 Å². The van der Waals surface area contributed by atoms with Gasteiger partial charge in [-0.1, -0.05) is 38.3 Å². The monoisotopic (exact) mass is 259 g/mol. The first-order chi connectivity index (χ1) is 7.67. The van der Waals surface area contributed by atoms with E-state index in [9.17, 15) is 0 Å². The van der Waals surface area contributed by atoms with Crippen LogP contribution in [0.3, 0.4) is 0 Å². The van der Waals surface area contributed by atoms with E-state index in [4.69, 9.17) is 11.6 Å². The summed E-state index contributed by atoms with van der Waals surface area (Å²) in [5.74, 6) is 0. The van der Waals surface area contributed by atoms with Gasteiger partial charge in [0.05, 0.1) is 4.34 Å². The molecule has 0 fully saturated rings. The molecule has 1 heterocycles. The van der Waals surface area contributed by atoms with E-state index in [-0.39, 0.29) is 0 Å². The van der Waals surface area contributed by atoms with Gasteiger partial charge in [-0.05, 0) is 31.9 Å². The van der Waals surface area contributed by atoms with Crippen molar-refractivity contribution in [1.82, 2.24) is 5.32 Å². The van der Waals surface area contributed by atoms with Gasteiger partial charge in [0, 0.05) is 17.0 Å². The van der Waals surface area contributed by atoms with Crippen molar-refractivity contribution in [3.63, 3.8) is 0 Å². The summed E-state index contributed by atoms with van der Waals surface area (Å²) in [4.78, 5) is 1.33. The zero-order valence-electron chi connectivity index (χ0n) is 10.4. The van der Waals surface area contributed by atoms with Gasteiger partial charge in [0.1, 0.15) is 0 Å². The number of unbranched alkanes of at least 4 members (excludes halogenated alkanes) is 1. The van der Waals surface area contributed by atoms with E-state index in [0.29, 0.717) is 12.1 Å². The fraction of sp³-hybridized carbons (Fsp3) is 0.692. The van der Waals surface area contributed by atoms with Gasteiger partial charge in [0.15, 0.2) is 0 Å². The standard InChI is InChI=1S/C13H22ClNS/c1-4-6-7-11(5-2)15-10(3)12-8-9-13(14)16-12/h8-11,15H,4-7H2,1-3H3. The molecule has 92 valence electrons. The van der Waals surface area contributed by atoms with Gasteiger partial charge in [-0.3, -0.25) is 0 Å². The molecule has 0 amide bonds. The third kappa shape index (κ3) is 4.44. The van der Waals surface area contributed by atoms with E-state index >= 15 is 0 Å². The summed E-state index contributed by atoms with van der Waals surface area (Å²) in [6.07, 6.45) is 5.06. The Balaban J connectivity index is 2.45. The van der Waals surface area contributed by atoms with Gasteiger partial charge in [0.2, 0.25) is 0 Å². The lowest BCUT2D eigenvalue weighted by atomic mass is 10.1. The lowest BCUT2D eigenvalue weighted by Gasteiger charge is -2.21. The molecule has 0 spiro atoms. The molecule has 0 aliphatic carbocycles. The molecule has 0 aromatic carbocycles. The second kappa shape index (κ2) is 7.31. The Hall–Kier alpha value is -0.0500. The molecule has 0 aliphatic heterocycles. The Morgan fingerprint density at radius 3 is 2.62 bits per heavy atom. The van der Waals surface area contributed by atoms with Crippen LogP contribution in [-0.2, 0) is 0 Å². The molecule has 1 rings (SSSR count). The highest BCUT2D eigenvalue weighted by Crippen LogP contribution is 2.27. The van der Waals surface area contributed by atoms with Gasteiger partial charge >= 0.3 is 0 Å². The summed E-state index contributed by atoms with van der Waals surface area (Å²) in [7, 11) is 0. The second-order valence-electron chi connectivity index (χ2n) is 4.28. The van der Waals surface area contributed by atoms with Gasteiger partial charge in [-0.2, -0.15) is 0 Å². The molecule has 0 saturated heterocycles. The second-order valence-corrected chi connectivity index (χ2v) is 6.02. The maximum absolute atomic E-state index is 5.95. The fourth-order valence-corrected chi connectivity index (χ4v) is 2.92. The Kier molecular flexibility index (Phi) is 6.40. The number of thiophene rings is 1. The molecular formula is C13H22ClNS. The van der Waals surface area contributed by atoms with Gasteiger partial charge < -0.3 is 5.32 Å². The Bertz CT molecular complexity index is 298. The van der Waals surface area contributed by atoms with Crippen molar-refractivity contribution >= 4 is 22.9 Å². The smallest absolute Gasteiger partial charge is 0.0931 e. The molecule has 2 atom stereocenters. The molecule has 0 saturated carbocycles. The summed E-state index contributed by atoms with van der Waals surface area (Å²) in [6, 6.07) is 5.15. The van der Waals surface area contributed by atoms with Crippen molar-refractivity contribution in [2.24, 2.45) is 0 Å². The van der Waals surface area contributed by atoms with Crippen LogP contribution in [0.5, 0.6) is 0 Å². The van der Waals surface area contributed by atoms with Crippen molar-refractivity contribution in [2.75, 3.05) is 0 Å². The molecule has 1 aromatic rings. The van der Waals surface area contributed by atoms with E-state index in [0.717, 1.165) is 4.34 Å². The number of nitrogens with one attached hydrogen (secondary N) is 1. The fourth-order valence-electron chi connectivity index (χ4n) is 1.85. The zero-order valence-corrected chi connectivity index (χ0v) is 12.0. The molecule has 0 aliphatic rings. The molecule has 0 radical (unpaired) electrons. The number of rotatable bonds is 7. The summed E-state index contributed by atoms with van der Waals surface area (Å²) < 4.78 is 0.880. The Morgan fingerprint density at radius 1 is 1.38 bits per heavy atom. The normalized spacial score (nSPS) is 15.0. The van der Waals surface area contributed by atoms with Crippen LogP contribution in [0.4, 0.5) is 0 Å². The van der Waals surface area contributed by atoms with Crippen molar-refractivity contribution in [1.29, 1.82) is 0 Å². The van der Waals surface area contributed by atoms with Crippen LogP contribution >= 0.6 is 22.9 Å². The zero-order chi connectivity index (χ0) is 12.0. The quantitative estimate of drug-likeness (QED) is 0.725. The molecule has 1 nitrogen and oxygen atoms in total. The average Bonchev–Trinajstić information content (AvgIpc) is 2.70. The van der Waals surface area contributed by atoms with Crippen LogP contribution in [0.15, 0.2) is 12.1 Å². The maximum Gasteiger partial charge on any atom is 0.0931 e. The first-order valence-electron chi connectivity index (χ1n) is 6.18. The first-order valence-corrected chi connectivity index (χ1v) is 7.38. The molecule has 0 bridgehead atoms. The predicted molar refractivity (Wildman–Crippen MR) is 74.5 cm³/mol. The van der Waals surface area contributed by atoms with Crippen LogP contribution < -0.4 is 5.32 Å². The molecule has 1 N–H and O–H groups in total. The summed E-state index contributed by atoms with van der Waals surface area (Å²) in [5.41, 5.74) is 0. The minimum absolute atomic E-state index is 0.416. The highest BCUT2D eigenvalue weighted by atomic mass is 35.5. The molecular weight excluding hydrogens is 238 g/mol. The number of halogens is 1. The minimum Gasteiger partial charge on any atom is -0.307 e. The highest BCUT2D eigenvalue weighted by molar-refractivity contribution is 7.16. The van der Waals surface area contributed by atoms with Crippen LogP contribution in [0, 0.1) is 0 Å². The van der Waals surface area contributed by atoms with Crippen LogP contribution in [0.2, 0.25) is 4.34 Å². The maximum atomic E-state index is 5.95. The third-order valence-electron chi connectivity index (χ3n) is 2.91. The van der Waals surface area contributed by atoms with Crippen LogP contribution in [-0.4, -0.2) is 6.04 Å². The number of hydrogen-bond acceptors (Lipinski definition) is 2. The molecule has 3 heteroatoms. The van der Waals surface area contributed by atoms with E-state index in [1.165, 1.54) is 30.6 Å². The van der Waals surface area contributed by atoms with E-state index < -0.39 is 0 Å². The van der Waals surface area contributed by atoms with E-state index in [1.807, 2.05) is 6.07 Å². The first kappa shape index (κ1) is 14.0. The molecule has 2 unspecified atom stereocenters. The third-order valence-corrected chi connectivity index (χ3v) is 4.32. The summed E-state index contributed by atoms with van der Waals surface area (Å²) in [5, 5.41) is 3.68. The van der Waals surface area contributed by atoms with Gasteiger partial charge in [-0.25, -0.2) is 0 Å². The number of hydrogen-bond donors (Lipinski definition) is 1. The lowest BCUT2D eigenvalue weighted by molar-refractivity contribution is 0.413. The lowest BCUT2D eigenvalue weighted by Crippen LogP contribution is -2.30. The van der Waals surface area contributed by atoms with Crippen molar-refractivity contribution in [3.8, 4) is 0 Å². The largest absolute Gasteiger partial charge is 0.307 e. The predicted octanol–water partition coefficient (Wildman–Crippen LogP) is 5.02. The van der Waals surface area contributed by atoms with Crippen LogP contribution in [0.1, 0.15) is 57.4 Å². The van der Waals surface area contributed by atoms with Crippen molar-refractivity contribution in [3.05, 3.63) is 21.3 Å². The van der Waals surface area contributed by atoms with Crippen molar-refractivity contribution in [2.45, 2.75) is 58.5 Å². The highest BCUT2D eigenvalue weighted by Gasteiger charge is 2.12. The van der Waals surface area contributed by atoms with Gasteiger partial charge in [0.25, 0.3) is 0 Å². The van der Waals surface area contributed by atoms with Crippen molar-refractivity contribution < 1.29 is 0 Å². The van der Waals surface area contributed by atoms with E-state index in [1.54, 1.807) is 11.3 Å². The average molecular weight is 260 g/mol. The van der Waals surface area contributed by atoms with E-state index in [2.05, 4.69) is 32.2 Å². The summed E-state index contributed by atoms with van der Waals surface area (Å²) >= 11 is 7.62. The SMILES string of the molecule is CCCCC(CC)NC(C)c1ccc(Cl)s1. The minimum atomic E-state index is 0.416. The topological polar surface area (TPSA) is 12.0 Å². The molecule has 1 aromatic heterocycles. The Labute approximate surface area is 108 Å². The Morgan fingerprint density at radius 2 is 2.12 bits per heavy atom. The van der Waals surface area contributed by atoms with Crippen LogP contribution in [0.25, 0.3) is 0 Å². The summed E-state index contributed by atoms with van der Waals surface area (Å²) in [6.45, 7) is 6.72. The molecule has 16 heavy (non-hydrogen) atoms.